The van der Waals surface area contributed by atoms with Gasteiger partial charge in [0.1, 0.15) is 0 Å². The maximum atomic E-state index is 4.20. The van der Waals surface area contributed by atoms with Gasteiger partial charge in [0.2, 0.25) is 0 Å². The molecule has 4 bridgehead atoms. The molecular formula is C16H20Br4. The zero-order valence-corrected chi connectivity index (χ0v) is 17.8. The summed E-state index contributed by atoms with van der Waals surface area (Å²) in [5, 5.41) is 0. The van der Waals surface area contributed by atoms with Crippen molar-refractivity contribution < 1.29 is 0 Å². The Hall–Kier alpha value is 1.92. The van der Waals surface area contributed by atoms with E-state index in [2.05, 4.69) is 63.7 Å². The van der Waals surface area contributed by atoms with Crippen LogP contribution in [0.3, 0.4) is 0 Å². The highest BCUT2D eigenvalue weighted by molar-refractivity contribution is 9.10. The fraction of sp³-hybridized carbons (Fsp3) is 1.00. The van der Waals surface area contributed by atoms with Crippen LogP contribution in [-0.2, 0) is 0 Å². The molecule has 0 aromatic carbocycles. The molecule has 0 spiro atoms. The molecule has 0 aromatic rings. The van der Waals surface area contributed by atoms with Gasteiger partial charge in [0.15, 0.2) is 0 Å². The first-order valence-corrected chi connectivity index (χ1v) is 11.4. The van der Waals surface area contributed by atoms with E-state index in [4.69, 9.17) is 0 Å². The number of halogens is 4. The summed E-state index contributed by atoms with van der Waals surface area (Å²) in [7, 11) is 0. The molecular weight excluding hydrogens is 512 g/mol. The standard InChI is InChI=1S/C16H20Br4/c17-11-7-15(19)3-4-16(20)8-12(18)14(6-10(14)16)2-1-13(11)5-9(13)15/h9-12H,1-8H2/t9-,10-,11-,12-,13+,14+,15+,16+/m0/s1. The smallest absolute Gasteiger partial charge is 0.0303 e. The van der Waals surface area contributed by atoms with Gasteiger partial charge >= 0.3 is 0 Å². The van der Waals surface area contributed by atoms with E-state index in [0.717, 1.165) is 21.5 Å². The van der Waals surface area contributed by atoms with Gasteiger partial charge in [-0.05, 0) is 74.0 Å². The summed E-state index contributed by atoms with van der Waals surface area (Å²) in [6.07, 6.45) is 11.3. The summed E-state index contributed by atoms with van der Waals surface area (Å²) in [5.74, 6) is 1.88. The lowest BCUT2D eigenvalue weighted by Gasteiger charge is -2.31. The van der Waals surface area contributed by atoms with Crippen molar-refractivity contribution in [2.24, 2.45) is 22.7 Å². The van der Waals surface area contributed by atoms with Crippen LogP contribution in [0, 0.1) is 22.7 Å². The molecule has 8 atom stereocenters. The molecule has 20 heavy (non-hydrogen) atoms. The Balaban J connectivity index is 1.54. The Bertz CT molecular complexity index is 439. The summed E-state index contributed by atoms with van der Waals surface area (Å²) in [4.78, 5) is 1.51. The lowest BCUT2D eigenvalue weighted by atomic mass is 9.87. The molecule has 0 radical (unpaired) electrons. The van der Waals surface area contributed by atoms with Crippen LogP contribution in [0.1, 0.15) is 51.4 Å². The lowest BCUT2D eigenvalue weighted by Crippen LogP contribution is -2.29. The van der Waals surface area contributed by atoms with Crippen LogP contribution < -0.4 is 0 Å². The van der Waals surface area contributed by atoms with Crippen LogP contribution in [0.5, 0.6) is 0 Å². The summed E-state index contributed by atoms with van der Waals surface area (Å²) in [5.41, 5.74) is 1.29. The molecule has 5 aliphatic carbocycles. The minimum absolute atomic E-state index is 0.432. The number of hydrogen-bond donors (Lipinski definition) is 0. The topological polar surface area (TPSA) is 0 Å². The van der Waals surface area contributed by atoms with Gasteiger partial charge in [0.25, 0.3) is 0 Å². The van der Waals surface area contributed by atoms with Crippen LogP contribution in [0.2, 0.25) is 0 Å². The van der Waals surface area contributed by atoms with E-state index >= 15 is 0 Å². The van der Waals surface area contributed by atoms with Crippen molar-refractivity contribution >= 4 is 63.7 Å². The van der Waals surface area contributed by atoms with Gasteiger partial charge in [0, 0.05) is 18.3 Å². The van der Waals surface area contributed by atoms with Crippen molar-refractivity contribution in [1.29, 1.82) is 0 Å². The molecule has 0 aliphatic heterocycles. The predicted molar refractivity (Wildman–Crippen MR) is 97.5 cm³/mol. The van der Waals surface area contributed by atoms with Crippen molar-refractivity contribution in [3.63, 3.8) is 0 Å². The highest BCUT2D eigenvalue weighted by atomic mass is 79.9. The van der Waals surface area contributed by atoms with Crippen molar-refractivity contribution in [2.45, 2.75) is 69.7 Å². The first-order valence-electron chi connectivity index (χ1n) is 8.01. The predicted octanol–water partition coefficient (Wildman–Crippen LogP) is 6.17. The second kappa shape index (κ2) is 3.94. The third-order valence-electron chi connectivity index (χ3n) is 7.78. The molecule has 0 amide bonds. The van der Waals surface area contributed by atoms with Crippen molar-refractivity contribution in [3.05, 3.63) is 0 Å². The van der Waals surface area contributed by atoms with Gasteiger partial charge in [-0.3, -0.25) is 0 Å². The van der Waals surface area contributed by atoms with E-state index in [1.807, 2.05) is 0 Å². The molecule has 0 heterocycles. The molecule has 5 aliphatic rings. The van der Waals surface area contributed by atoms with Crippen LogP contribution in [0.25, 0.3) is 0 Å². The average molecular weight is 532 g/mol. The van der Waals surface area contributed by atoms with Crippen LogP contribution in [0.4, 0.5) is 0 Å². The molecule has 5 rings (SSSR count). The molecule has 0 saturated heterocycles. The van der Waals surface area contributed by atoms with E-state index in [1.165, 1.54) is 51.4 Å². The lowest BCUT2D eigenvalue weighted by molar-refractivity contribution is 0.348. The quantitative estimate of drug-likeness (QED) is 0.328. The molecule has 5 fully saturated rings. The Morgan fingerprint density at radius 3 is 1.35 bits per heavy atom. The molecule has 5 saturated carbocycles. The molecule has 4 heteroatoms. The van der Waals surface area contributed by atoms with E-state index < -0.39 is 0 Å². The monoisotopic (exact) mass is 528 g/mol. The molecule has 0 aromatic heterocycles. The minimum atomic E-state index is 0.432. The van der Waals surface area contributed by atoms with Crippen molar-refractivity contribution in [1.82, 2.24) is 0 Å². The second-order valence-electron chi connectivity index (χ2n) is 8.39. The van der Waals surface area contributed by atoms with Gasteiger partial charge < -0.3 is 0 Å². The third kappa shape index (κ3) is 1.55. The third-order valence-corrected chi connectivity index (χ3v) is 12.8. The minimum Gasteiger partial charge on any atom is -0.0884 e. The van der Waals surface area contributed by atoms with E-state index in [9.17, 15) is 0 Å². The SMILES string of the molecule is Br[C@H]1C[C@]2(Br)CC[C@@]3(Br)C[C@H](Br)[C@]4(CC[C@]15C[C@H]25)C[C@H]34. The Morgan fingerprint density at radius 2 is 1.00 bits per heavy atom. The summed E-state index contributed by atoms with van der Waals surface area (Å²) in [6, 6.07) is 0. The van der Waals surface area contributed by atoms with E-state index in [-0.39, 0.29) is 0 Å². The maximum Gasteiger partial charge on any atom is 0.0303 e. The maximum absolute atomic E-state index is 4.20. The summed E-state index contributed by atoms with van der Waals surface area (Å²) >= 11 is 16.5. The fourth-order valence-corrected chi connectivity index (χ4v) is 12.1. The molecule has 0 N–H and O–H groups in total. The van der Waals surface area contributed by atoms with Crippen LogP contribution >= 0.6 is 63.7 Å². The van der Waals surface area contributed by atoms with E-state index in [1.54, 1.807) is 0 Å². The fourth-order valence-electron chi connectivity index (χ4n) is 6.32. The highest BCUT2D eigenvalue weighted by Gasteiger charge is 2.76. The summed E-state index contributed by atoms with van der Waals surface area (Å²) in [6.45, 7) is 0. The average Bonchev–Trinajstić information content (AvgIpc) is 3.23. The Morgan fingerprint density at radius 1 is 0.600 bits per heavy atom. The Labute approximate surface area is 155 Å². The van der Waals surface area contributed by atoms with Gasteiger partial charge in [-0.1, -0.05) is 63.7 Å². The van der Waals surface area contributed by atoms with Gasteiger partial charge in [-0.2, -0.15) is 0 Å². The second-order valence-corrected chi connectivity index (χ2v) is 13.8. The van der Waals surface area contributed by atoms with Crippen LogP contribution in [0.15, 0.2) is 0 Å². The number of alkyl halides is 4. The van der Waals surface area contributed by atoms with Crippen molar-refractivity contribution in [2.75, 3.05) is 0 Å². The zero-order chi connectivity index (χ0) is 14.0. The number of hydrogen-bond acceptors (Lipinski definition) is 0. The first kappa shape index (κ1) is 14.3. The zero-order valence-electron chi connectivity index (χ0n) is 11.5. The molecule has 0 unspecified atom stereocenters. The number of rotatable bonds is 0. The normalized spacial score (nSPS) is 70.2. The Kier molecular flexibility index (Phi) is 2.81. The first-order chi connectivity index (χ1) is 9.35. The molecule has 112 valence electrons. The van der Waals surface area contributed by atoms with E-state index in [0.29, 0.717) is 19.5 Å². The highest BCUT2D eigenvalue weighted by Crippen LogP contribution is 2.81. The van der Waals surface area contributed by atoms with Gasteiger partial charge in [-0.15, -0.1) is 0 Å². The largest absolute Gasteiger partial charge is 0.0884 e. The van der Waals surface area contributed by atoms with Crippen molar-refractivity contribution in [3.8, 4) is 0 Å². The molecule has 0 nitrogen and oxygen atoms in total. The van der Waals surface area contributed by atoms with Gasteiger partial charge in [-0.25, -0.2) is 0 Å². The van der Waals surface area contributed by atoms with Gasteiger partial charge in [0.05, 0.1) is 0 Å². The van der Waals surface area contributed by atoms with Crippen LogP contribution in [-0.4, -0.2) is 18.3 Å². The summed E-state index contributed by atoms with van der Waals surface area (Å²) < 4.78 is 0.864.